The van der Waals surface area contributed by atoms with Gasteiger partial charge in [0, 0.05) is 0 Å². The summed E-state index contributed by atoms with van der Waals surface area (Å²) in [6.07, 6.45) is 1.86. The van der Waals surface area contributed by atoms with E-state index in [2.05, 4.69) is 5.32 Å². The van der Waals surface area contributed by atoms with Crippen LogP contribution in [0.15, 0.2) is 0 Å². The first-order valence-electron chi connectivity index (χ1n) is 3.21. The topological polar surface area (TPSA) is 55.1 Å². The molecule has 3 nitrogen and oxygen atoms in total. The molecule has 1 rings (SSSR count). The van der Waals surface area contributed by atoms with Crippen LogP contribution in [0.4, 0.5) is 0 Å². The number of hydrogen-bond donors (Lipinski definition) is 2. The molecule has 9 heavy (non-hydrogen) atoms. The molecule has 0 unspecified atom stereocenters. The molecule has 0 aromatic rings. The number of aldehydes is 1. The molecule has 0 saturated carbocycles. The molecule has 1 aliphatic rings. The minimum Gasteiger partial charge on any atom is -0.316 e. The van der Waals surface area contributed by atoms with Gasteiger partial charge in [0.2, 0.25) is 0 Å². The number of nitrogens with one attached hydrogen (secondary N) is 1. The number of carbonyl (C=O) groups is 1. The highest BCUT2D eigenvalue weighted by Crippen LogP contribution is 2.14. The van der Waals surface area contributed by atoms with Crippen LogP contribution >= 0.6 is 0 Å². The fourth-order valence-electron chi connectivity index (χ4n) is 1.20. The molecule has 0 aromatic heterocycles. The highest BCUT2D eigenvalue weighted by Gasteiger charge is 2.27. The predicted molar refractivity (Wildman–Crippen MR) is 34.7 cm³/mol. The molecule has 0 spiro atoms. The Bertz CT molecular complexity index is 116. The van der Waals surface area contributed by atoms with Crippen molar-refractivity contribution in [2.75, 3.05) is 0 Å². The van der Waals surface area contributed by atoms with Crippen molar-refractivity contribution in [3.63, 3.8) is 0 Å². The maximum Gasteiger partial charge on any atom is 0.137 e. The number of hydrogen-bond acceptors (Lipinski definition) is 3. The van der Waals surface area contributed by atoms with Gasteiger partial charge >= 0.3 is 0 Å². The average Bonchev–Trinajstić information content (AvgIpc) is 2.10. The van der Waals surface area contributed by atoms with Gasteiger partial charge in [-0.3, -0.25) is 5.32 Å². The summed E-state index contributed by atoms with van der Waals surface area (Å²) in [5, 5.41) is 2.96. The van der Waals surface area contributed by atoms with Gasteiger partial charge in [-0.05, 0) is 12.3 Å². The van der Waals surface area contributed by atoms with Gasteiger partial charge in [0.25, 0.3) is 0 Å². The van der Waals surface area contributed by atoms with Crippen molar-refractivity contribution in [3.8, 4) is 0 Å². The molecule has 1 aliphatic heterocycles. The van der Waals surface area contributed by atoms with Gasteiger partial charge in [0.15, 0.2) is 0 Å². The molecule has 1 saturated heterocycles. The highest BCUT2D eigenvalue weighted by molar-refractivity contribution is 5.58. The third kappa shape index (κ3) is 1.28. The first-order chi connectivity index (χ1) is 4.24. The molecule has 0 bridgehead atoms. The summed E-state index contributed by atoms with van der Waals surface area (Å²) in [6.45, 7) is 2.03. The third-order valence-electron chi connectivity index (χ3n) is 1.79. The lowest BCUT2D eigenvalue weighted by Gasteiger charge is -2.04. The van der Waals surface area contributed by atoms with E-state index >= 15 is 0 Å². The van der Waals surface area contributed by atoms with Crippen molar-refractivity contribution >= 4 is 6.29 Å². The summed E-state index contributed by atoms with van der Waals surface area (Å²) in [5.74, 6) is 0.400. The molecule has 0 amide bonds. The molecule has 3 atom stereocenters. The first-order valence-corrected chi connectivity index (χ1v) is 3.21. The van der Waals surface area contributed by atoms with E-state index in [1.54, 1.807) is 0 Å². The van der Waals surface area contributed by atoms with E-state index in [1.807, 2.05) is 6.92 Å². The summed E-state index contributed by atoms with van der Waals surface area (Å²) in [4.78, 5) is 10.2. The van der Waals surface area contributed by atoms with Crippen molar-refractivity contribution in [1.82, 2.24) is 5.32 Å². The van der Waals surface area contributed by atoms with E-state index in [9.17, 15) is 4.79 Å². The molecular weight excluding hydrogens is 116 g/mol. The maximum atomic E-state index is 10.2. The second-order valence-electron chi connectivity index (χ2n) is 2.65. The standard InChI is InChI=1S/C6H12N2O/c1-4-2-6(7)8-5(4)3-9/h3-6,8H,2,7H2,1H3/t4-,5+,6-/m1/s1. The van der Waals surface area contributed by atoms with Gasteiger partial charge < -0.3 is 10.5 Å². The van der Waals surface area contributed by atoms with Gasteiger partial charge in [0.05, 0.1) is 12.2 Å². The van der Waals surface area contributed by atoms with E-state index in [0.29, 0.717) is 5.92 Å². The molecule has 1 fully saturated rings. The Morgan fingerprint density at radius 2 is 2.44 bits per heavy atom. The van der Waals surface area contributed by atoms with Crippen LogP contribution in [0.25, 0.3) is 0 Å². The summed E-state index contributed by atoms with van der Waals surface area (Å²) in [5.41, 5.74) is 5.52. The lowest BCUT2D eigenvalue weighted by atomic mass is 10.0. The van der Waals surface area contributed by atoms with Crippen molar-refractivity contribution in [1.29, 1.82) is 0 Å². The van der Waals surface area contributed by atoms with E-state index in [4.69, 9.17) is 5.73 Å². The Morgan fingerprint density at radius 3 is 2.67 bits per heavy atom. The number of carbonyl (C=O) groups excluding carboxylic acids is 1. The highest BCUT2D eigenvalue weighted by atomic mass is 16.1. The number of nitrogens with two attached hydrogens (primary N) is 1. The van der Waals surface area contributed by atoms with Crippen LogP contribution in [0.3, 0.4) is 0 Å². The van der Waals surface area contributed by atoms with Crippen LogP contribution in [-0.4, -0.2) is 18.5 Å². The zero-order valence-electron chi connectivity index (χ0n) is 5.50. The summed E-state index contributed by atoms with van der Waals surface area (Å²) < 4.78 is 0. The molecule has 0 aromatic carbocycles. The van der Waals surface area contributed by atoms with Crippen LogP contribution in [-0.2, 0) is 4.79 Å². The normalized spacial score (nSPS) is 43.1. The monoisotopic (exact) mass is 128 g/mol. The van der Waals surface area contributed by atoms with Gasteiger partial charge in [-0.1, -0.05) is 6.92 Å². The Kier molecular flexibility index (Phi) is 1.83. The Balaban J connectivity index is 2.47. The third-order valence-corrected chi connectivity index (χ3v) is 1.79. The van der Waals surface area contributed by atoms with Gasteiger partial charge in [-0.2, -0.15) is 0 Å². The van der Waals surface area contributed by atoms with Crippen molar-refractivity contribution in [2.24, 2.45) is 11.7 Å². The van der Waals surface area contributed by atoms with Crippen molar-refractivity contribution in [3.05, 3.63) is 0 Å². The second-order valence-corrected chi connectivity index (χ2v) is 2.65. The minimum absolute atomic E-state index is 0.0139. The first kappa shape index (κ1) is 6.71. The predicted octanol–water partition coefficient (Wildman–Crippen LogP) is -0.532. The van der Waals surface area contributed by atoms with Gasteiger partial charge in [-0.25, -0.2) is 0 Å². The van der Waals surface area contributed by atoms with Crippen molar-refractivity contribution in [2.45, 2.75) is 25.6 Å². The molecule has 1 heterocycles. The summed E-state index contributed by atoms with van der Waals surface area (Å²) in [6, 6.07) is -0.0139. The van der Waals surface area contributed by atoms with E-state index in [0.717, 1.165) is 12.7 Å². The molecule has 0 aliphatic carbocycles. The summed E-state index contributed by atoms with van der Waals surface area (Å²) in [7, 11) is 0. The van der Waals surface area contributed by atoms with Crippen molar-refractivity contribution < 1.29 is 4.79 Å². The van der Waals surface area contributed by atoms with Crippen LogP contribution < -0.4 is 11.1 Å². The van der Waals surface area contributed by atoms with Crippen LogP contribution in [0.2, 0.25) is 0 Å². The minimum atomic E-state index is -0.0139. The Labute approximate surface area is 54.6 Å². The summed E-state index contributed by atoms with van der Waals surface area (Å²) >= 11 is 0. The fourth-order valence-corrected chi connectivity index (χ4v) is 1.20. The quantitative estimate of drug-likeness (QED) is 0.467. The number of rotatable bonds is 1. The molecule has 3 N–H and O–H groups in total. The van der Waals surface area contributed by atoms with E-state index < -0.39 is 0 Å². The molecule has 52 valence electrons. The zero-order valence-corrected chi connectivity index (χ0v) is 5.50. The van der Waals surface area contributed by atoms with Crippen LogP contribution in [0.5, 0.6) is 0 Å². The molecule has 3 heteroatoms. The maximum absolute atomic E-state index is 10.2. The van der Waals surface area contributed by atoms with E-state index in [-0.39, 0.29) is 12.2 Å². The van der Waals surface area contributed by atoms with E-state index in [1.165, 1.54) is 0 Å². The van der Waals surface area contributed by atoms with Gasteiger partial charge in [0.1, 0.15) is 6.29 Å². The Hall–Kier alpha value is -0.410. The lowest BCUT2D eigenvalue weighted by molar-refractivity contribution is -0.109. The average molecular weight is 128 g/mol. The molecular formula is C6H12N2O. The smallest absolute Gasteiger partial charge is 0.137 e. The second kappa shape index (κ2) is 2.45. The zero-order chi connectivity index (χ0) is 6.85. The SMILES string of the molecule is C[C@@H]1C[C@H](N)N[C@H]1C=O. The lowest BCUT2D eigenvalue weighted by Crippen LogP contribution is -2.37. The largest absolute Gasteiger partial charge is 0.316 e. The Morgan fingerprint density at radius 1 is 1.78 bits per heavy atom. The fraction of sp³-hybridized carbons (Fsp3) is 0.833. The van der Waals surface area contributed by atoms with Gasteiger partial charge in [-0.15, -0.1) is 0 Å². The van der Waals surface area contributed by atoms with Crippen LogP contribution in [0, 0.1) is 5.92 Å². The molecule has 0 radical (unpaired) electrons. The van der Waals surface area contributed by atoms with Crippen LogP contribution in [0.1, 0.15) is 13.3 Å².